The highest BCUT2D eigenvalue weighted by molar-refractivity contribution is 7.22. The highest BCUT2D eigenvalue weighted by Gasteiger charge is 2.65. The van der Waals surface area contributed by atoms with E-state index in [-0.39, 0.29) is 17.7 Å². The summed E-state index contributed by atoms with van der Waals surface area (Å²) in [5.41, 5.74) is 6.60. The molecule has 5 aliphatic rings. The number of rotatable bonds is 14. The normalized spacial score (nSPS) is 26.2. The van der Waals surface area contributed by atoms with Crippen LogP contribution in [-0.2, 0) is 13.0 Å². The number of carbonyl (C=O) groups is 1. The second kappa shape index (κ2) is 14.7. The molecule has 2 unspecified atom stereocenters. The summed E-state index contributed by atoms with van der Waals surface area (Å²) in [6.07, 6.45) is 14.4. The minimum atomic E-state index is -1.07. The van der Waals surface area contributed by atoms with E-state index in [4.69, 9.17) is 15.1 Å². The first-order valence-corrected chi connectivity index (χ1v) is 21.9. The Morgan fingerprint density at radius 2 is 1.69 bits per heavy atom. The number of fused-ring (bicyclic) bond motifs is 2. The third-order valence-electron chi connectivity index (χ3n) is 13.9. The van der Waals surface area contributed by atoms with Crippen molar-refractivity contribution in [3.05, 3.63) is 65.1 Å². The molecule has 0 amide bonds. The van der Waals surface area contributed by atoms with Crippen molar-refractivity contribution in [1.29, 1.82) is 0 Å². The van der Waals surface area contributed by atoms with Crippen LogP contribution in [0.4, 0.5) is 22.6 Å². The summed E-state index contributed by atoms with van der Waals surface area (Å²) in [5, 5.41) is 38.3. The van der Waals surface area contributed by atoms with Crippen molar-refractivity contribution in [3.63, 3.8) is 0 Å². The number of hydrogen-bond acceptors (Lipinski definition) is 11. The predicted octanol–water partition coefficient (Wildman–Crippen LogP) is 8.95. The van der Waals surface area contributed by atoms with Gasteiger partial charge in [-0.1, -0.05) is 37.3 Å². The molecule has 0 spiro atoms. The third kappa shape index (κ3) is 7.17. The molecule has 4 fully saturated rings. The molecule has 5 heterocycles. The van der Waals surface area contributed by atoms with Crippen LogP contribution in [0.25, 0.3) is 21.3 Å². The Bertz CT molecular complexity index is 2320. The van der Waals surface area contributed by atoms with Gasteiger partial charge >= 0.3 is 5.97 Å². The molecule has 4 aromatic heterocycles. The largest absolute Gasteiger partial charge is 0.476 e. The number of aliphatic hydroxyl groups is 1. The second-order valence-corrected chi connectivity index (χ2v) is 20.2. The summed E-state index contributed by atoms with van der Waals surface area (Å²) in [4.78, 5) is 26.9. The summed E-state index contributed by atoms with van der Waals surface area (Å²) < 4.78 is 3.28. The van der Waals surface area contributed by atoms with Gasteiger partial charge in [-0.3, -0.25) is 4.68 Å². The molecule has 3 N–H and O–H groups in total. The fourth-order valence-electron chi connectivity index (χ4n) is 12.9. The van der Waals surface area contributed by atoms with E-state index in [1.54, 1.807) is 11.3 Å². The quantitative estimate of drug-likeness (QED) is 0.0989. The molecule has 2 atom stereocenters. The number of hydrogen-bond donors (Lipinski definition) is 3. The maximum absolute atomic E-state index is 13.0. The molecule has 1 aliphatic heterocycles. The molecule has 0 radical (unpaired) electrons. The van der Waals surface area contributed by atoms with Gasteiger partial charge in [-0.2, -0.15) is 5.10 Å². The summed E-state index contributed by atoms with van der Waals surface area (Å²) in [7, 11) is 2.18. The Kier molecular flexibility index (Phi) is 9.87. The minimum Gasteiger partial charge on any atom is -0.476 e. The molecule has 4 aliphatic carbocycles. The van der Waals surface area contributed by atoms with Gasteiger partial charge in [0.25, 0.3) is 0 Å². The van der Waals surface area contributed by atoms with Crippen molar-refractivity contribution in [2.45, 2.75) is 105 Å². The Morgan fingerprint density at radius 1 is 0.931 bits per heavy atom. The van der Waals surface area contributed by atoms with Crippen molar-refractivity contribution in [3.8, 4) is 11.1 Å². The number of benzene rings is 1. The first-order chi connectivity index (χ1) is 27.8. The monoisotopic (exact) mass is 803 g/mol. The van der Waals surface area contributed by atoms with Crippen LogP contribution in [0.2, 0.25) is 0 Å². The van der Waals surface area contributed by atoms with E-state index in [9.17, 15) is 15.0 Å². The van der Waals surface area contributed by atoms with Crippen LogP contribution < -0.4 is 10.2 Å². The van der Waals surface area contributed by atoms with Gasteiger partial charge < -0.3 is 25.3 Å². The van der Waals surface area contributed by atoms with Crippen LogP contribution >= 0.6 is 11.3 Å². The van der Waals surface area contributed by atoms with Crippen molar-refractivity contribution in [2.24, 2.45) is 21.7 Å². The lowest BCUT2D eigenvalue weighted by Crippen LogP contribution is -2.60. The lowest BCUT2D eigenvalue weighted by Gasteiger charge is -2.70. The van der Waals surface area contributed by atoms with Crippen LogP contribution in [0.3, 0.4) is 0 Å². The van der Waals surface area contributed by atoms with Crippen molar-refractivity contribution in [1.82, 2.24) is 34.8 Å². The number of aromatic carboxylic acids is 1. The lowest BCUT2D eigenvalue weighted by atomic mass is 9.35. The third-order valence-corrected chi connectivity index (χ3v) is 14.9. The predicted molar refractivity (Wildman–Crippen MR) is 229 cm³/mol. The average Bonchev–Trinajstić information content (AvgIpc) is 3.74. The van der Waals surface area contributed by atoms with E-state index in [0.717, 1.165) is 76.6 Å². The lowest BCUT2D eigenvalue weighted by molar-refractivity contribution is -0.198. The Labute approximate surface area is 345 Å². The summed E-state index contributed by atoms with van der Waals surface area (Å²) in [6, 6.07) is 11.9. The SMILES string of the molecule is Cc1c(Nc2nc3ccccc3s2)nnc2c1CCCN2c1ccc(-c2cnn(CC34CC5(C)CC(C)(CC(CCCN(C)CCCO)(C5)C3)C4)c2C)c(C(=O)O)n1. The number of pyridine rings is 1. The summed E-state index contributed by atoms with van der Waals surface area (Å²) >= 11 is 1.58. The molecule has 306 valence electrons. The number of aromatic nitrogens is 6. The summed E-state index contributed by atoms with van der Waals surface area (Å²) in [5.74, 6) is 0.868. The molecular weight excluding hydrogens is 747 g/mol. The number of nitrogens with zero attached hydrogens (tertiary/aromatic N) is 8. The first kappa shape index (κ1) is 39.0. The maximum atomic E-state index is 13.0. The fraction of sp³-hybridized carbons (Fsp3) is 0.556. The zero-order valence-corrected chi connectivity index (χ0v) is 35.5. The smallest absolute Gasteiger partial charge is 0.355 e. The Morgan fingerprint density at radius 3 is 2.45 bits per heavy atom. The van der Waals surface area contributed by atoms with Gasteiger partial charge in [0.15, 0.2) is 22.5 Å². The number of aliphatic hydroxyl groups excluding tert-OH is 1. The Balaban J connectivity index is 0.959. The van der Waals surface area contributed by atoms with Gasteiger partial charge in [0.05, 0.1) is 16.4 Å². The molecule has 0 saturated heterocycles. The second-order valence-electron chi connectivity index (χ2n) is 19.2. The van der Waals surface area contributed by atoms with Gasteiger partial charge in [0, 0.05) is 54.2 Å². The number of para-hydroxylation sites is 1. The number of thiazole rings is 1. The molecule has 12 nitrogen and oxygen atoms in total. The van der Waals surface area contributed by atoms with E-state index in [1.165, 1.54) is 51.4 Å². The first-order valence-electron chi connectivity index (χ1n) is 21.1. The standard InChI is InChI=1S/C45H57N9O3S/c1-29-31-11-8-19-53(39(31)51-50-38(29)49-41-47-34-12-6-7-13-35(34)58-41)36-15-14-32(37(48-36)40(56)57)33-21-46-54(30(33)2)28-45-25-42(3)22-43(4,26-45)24-44(23-42,27-45)16-9-17-52(5)18-10-20-55/h6-7,12-15,21,55H,8-11,16-20,22-28H2,1-5H3,(H,56,57)(H,47,49,50). The maximum Gasteiger partial charge on any atom is 0.355 e. The van der Waals surface area contributed by atoms with E-state index in [2.05, 4.69) is 65.9 Å². The van der Waals surface area contributed by atoms with E-state index in [0.29, 0.717) is 45.8 Å². The molecular formula is C45H57N9O3S. The minimum absolute atomic E-state index is 0.0174. The van der Waals surface area contributed by atoms with Crippen LogP contribution in [-0.4, -0.2) is 84.3 Å². The van der Waals surface area contributed by atoms with E-state index < -0.39 is 5.97 Å². The number of nitrogens with one attached hydrogen (secondary N) is 1. The molecule has 4 bridgehead atoms. The zero-order valence-electron chi connectivity index (χ0n) is 34.6. The molecule has 4 saturated carbocycles. The average molecular weight is 804 g/mol. The highest BCUT2D eigenvalue weighted by Crippen LogP contribution is 2.75. The number of anilines is 4. The van der Waals surface area contributed by atoms with Gasteiger partial charge in [-0.05, 0) is 144 Å². The molecule has 10 rings (SSSR count). The van der Waals surface area contributed by atoms with Crippen LogP contribution in [0, 0.1) is 35.5 Å². The molecule has 1 aromatic carbocycles. The van der Waals surface area contributed by atoms with E-state index in [1.807, 2.05) is 41.4 Å². The van der Waals surface area contributed by atoms with Crippen LogP contribution in [0.1, 0.15) is 105 Å². The van der Waals surface area contributed by atoms with Gasteiger partial charge in [0.2, 0.25) is 0 Å². The van der Waals surface area contributed by atoms with E-state index >= 15 is 0 Å². The molecule has 13 heteroatoms. The highest BCUT2D eigenvalue weighted by atomic mass is 32.1. The Hall–Kier alpha value is -4.46. The van der Waals surface area contributed by atoms with Gasteiger partial charge in [-0.25, -0.2) is 14.8 Å². The number of carboxylic acids is 1. The van der Waals surface area contributed by atoms with Gasteiger partial charge in [-0.15, -0.1) is 10.2 Å². The number of carboxylic acid groups (broad SMARTS) is 1. The van der Waals surface area contributed by atoms with Gasteiger partial charge in [0.1, 0.15) is 5.82 Å². The fourth-order valence-corrected chi connectivity index (χ4v) is 13.8. The van der Waals surface area contributed by atoms with Crippen LogP contribution in [0.15, 0.2) is 42.6 Å². The van der Waals surface area contributed by atoms with Crippen LogP contribution in [0.5, 0.6) is 0 Å². The van der Waals surface area contributed by atoms with Crippen molar-refractivity contribution < 1.29 is 15.0 Å². The summed E-state index contributed by atoms with van der Waals surface area (Å²) in [6.45, 7) is 13.0. The zero-order chi connectivity index (χ0) is 40.5. The van der Waals surface area contributed by atoms with Crippen molar-refractivity contribution in [2.75, 3.05) is 43.5 Å². The molecule has 5 aromatic rings. The molecule has 58 heavy (non-hydrogen) atoms. The van der Waals surface area contributed by atoms with Crippen molar-refractivity contribution >= 4 is 50.1 Å². The topological polar surface area (TPSA) is 145 Å².